The molecule has 0 aliphatic carbocycles. The molecule has 1 atom stereocenters. The van der Waals surface area contributed by atoms with Crippen molar-refractivity contribution in [3.05, 3.63) is 11.9 Å². The molecule has 0 spiro atoms. The fourth-order valence-corrected chi connectivity index (χ4v) is 0.821. The predicted molar refractivity (Wildman–Crippen MR) is 35.4 cm³/mol. The lowest BCUT2D eigenvalue weighted by atomic mass is 10.3. The van der Waals surface area contributed by atoms with E-state index in [2.05, 4.69) is 20.9 Å². The predicted octanol–water partition coefficient (Wildman–Crippen LogP) is 1.21. The molecule has 1 aliphatic rings. The molecule has 1 heterocycles. The van der Waals surface area contributed by atoms with Crippen molar-refractivity contribution in [2.45, 2.75) is 4.83 Å². The van der Waals surface area contributed by atoms with Crippen LogP contribution in [0.25, 0.3) is 0 Å². The van der Waals surface area contributed by atoms with Gasteiger partial charge in [-0.05, 0) is 6.08 Å². The average molecular weight is 192 g/mol. The summed E-state index contributed by atoms with van der Waals surface area (Å²) in [6.45, 7) is 0. The Labute approximate surface area is 59.6 Å². The fraction of sp³-hybridized carbons (Fsp3) is 0.200. The summed E-state index contributed by atoms with van der Waals surface area (Å²) < 4.78 is 12.1. The Morgan fingerprint density at radius 1 is 1.78 bits per heavy atom. The number of hydrogen-bond acceptors (Lipinski definition) is 1. The van der Waals surface area contributed by atoms with Gasteiger partial charge in [-0.2, -0.15) is 0 Å². The number of dihydropyridines is 1. The standard InChI is InChI=1S/C5H3BrFNO/c6-4-1-3(7)2-8-5(4)9/h1-2,4H. The van der Waals surface area contributed by atoms with E-state index >= 15 is 0 Å². The highest BCUT2D eigenvalue weighted by molar-refractivity contribution is 9.10. The number of rotatable bonds is 0. The molecule has 0 saturated heterocycles. The highest BCUT2D eigenvalue weighted by atomic mass is 79.9. The van der Waals surface area contributed by atoms with Gasteiger partial charge in [-0.1, -0.05) is 15.9 Å². The van der Waals surface area contributed by atoms with Gasteiger partial charge in [0.15, 0.2) is 0 Å². The van der Waals surface area contributed by atoms with Crippen LogP contribution >= 0.6 is 15.9 Å². The largest absolute Gasteiger partial charge is 0.271 e. The third kappa shape index (κ3) is 1.45. The first-order valence-electron chi connectivity index (χ1n) is 2.29. The van der Waals surface area contributed by atoms with Gasteiger partial charge in [-0.15, -0.1) is 0 Å². The summed E-state index contributed by atoms with van der Waals surface area (Å²) >= 11 is 2.91. The van der Waals surface area contributed by atoms with Crippen LogP contribution < -0.4 is 0 Å². The number of halogens is 2. The van der Waals surface area contributed by atoms with Gasteiger partial charge in [0.05, 0.1) is 6.21 Å². The molecule has 48 valence electrons. The quantitative estimate of drug-likeness (QED) is 0.530. The monoisotopic (exact) mass is 191 g/mol. The minimum atomic E-state index is -0.581. The number of carbonyl (C=O) groups excluding carboxylic acids is 1. The molecule has 0 aromatic heterocycles. The van der Waals surface area contributed by atoms with Crippen LogP contribution in [-0.4, -0.2) is 16.9 Å². The van der Waals surface area contributed by atoms with Gasteiger partial charge >= 0.3 is 0 Å². The van der Waals surface area contributed by atoms with Gasteiger partial charge in [0.1, 0.15) is 10.7 Å². The molecule has 1 aliphatic heterocycles. The van der Waals surface area contributed by atoms with Crippen LogP contribution in [0.3, 0.4) is 0 Å². The molecule has 2 nitrogen and oxygen atoms in total. The van der Waals surface area contributed by atoms with Crippen LogP contribution in [0.5, 0.6) is 0 Å². The SMILES string of the molecule is O=C1N=CC(F)=CC1Br. The summed E-state index contributed by atoms with van der Waals surface area (Å²) in [4.78, 5) is 13.1. The second-order valence-corrected chi connectivity index (χ2v) is 2.54. The Kier molecular flexibility index (Phi) is 1.75. The molecular formula is C5H3BrFNO. The number of alkyl halides is 1. The highest BCUT2D eigenvalue weighted by Gasteiger charge is 2.14. The molecule has 0 N–H and O–H groups in total. The van der Waals surface area contributed by atoms with E-state index in [0.717, 1.165) is 12.3 Å². The van der Waals surface area contributed by atoms with Crippen molar-refractivity contribution in [1.82, 2.24) is 0 Å². The molecule has 4 heteroatoms. The zero-order chi connectivity index (χ0) is 6.85. The molecule has 0 radical (unpaired) electrons. The van der Waals surface area contributed by atoms with E-state index in [-0.39, 0.29) is 5.91 Å². The molecule has 9 heavy (non-hydrogen) atoms. The first kappa shape index (κ1) is 6.61. The van der Waals surface area contributed by atoms with Crippen LogP contribution in [-0.2, 0) is 4.79 Å². The lowest BCUT2D eigenvalue weighted by molar-refractivity contribution is -0.116. The maximum Gasteiger partial charge on any atom is 0.263 e. The zero-order valence-corrected chi connectivity index (χ0v) is 5.93. The molecule has 1 amide bonds. The first-order chi connectivity index (χ1) is 4.20. The molecule has 0 saturated carbocycles. The van der Waals surface area contributed by atoms with Gasteiger partial charge < -0.3 is 0 Å². The Balaban J connectivity index is 2.82. The first-order valence-corrected chi connectivity index (χ1v) is 3.21. The van der Waals surface area contributed by atoms with Gasteiger partial charge in [0.2, 0.25) is 0 Å². The van der Waals surface area contributed by atoms with Gasteiger partial charge in [0, 0.05) is 0 Å². The van der Waals surface area contributed by atoms with E-state index in [1.165, 1.54) is 0 Å². The van der Waals surface area contributed by atoms with Crippen LogP contribution in [0, 0.1) is 0 Å². The molecular weight excluding hydrogens is 189 g/mol. The van der Waals surface area contributed by atoms with Gasteiger partial charge in [-0.3, -0.25) is 4.79 Å². The summed E-state index contributed by atoms with van der Waals surface area (Å²) in [7, 11) is 0. The smallest absolute Gasteiger partial charge is 0.263 e. The highest BCUT2D eigenvalue weighted by Crippen LogP contribution is 2.11. The van der Waals surface area contributed by atoms with Crippen LogP contribution in [0.2, 0.25) is 0 Å². The molecule has 0 aromatic carbocycles. The summed E-state index contributed by atoms with van der Waals surface area (Å²) in [6, 6.07) is 0. The number of nitrogens with zero attached hydrogens (tertiary/aromatic N) is 1. The second-order valence-electron chi connectivity index (χ2n) is 1.55. The third-order valence-corrected chi connectivity index (χ3v) is 1.51. The topological polar surface area (TPSA) is 29.4 Å². The van der Waals surface area contributed by atoms with E-state index in [0.29, 0.717) is 0 Å². The number of allylic oxidation sites excluding steroid dienone is 1. The van der Waals surface area contributed by atoms with Crippen molar-refractivity contribution in [2.24, 2.45) is 4.99 Å². The van der Waals surface area contributed by atoms with Crippen molar-refractivity contribution in [3.8, 4) is 0 Å². The van der Waals surface area contributed by atoms with Crippen molar-refractivity contribution in [3.63, 3.8) is 0 Å². The molecule has 1 rings (SSSR count). The van der Waals surface area contributed by atoms with Crippen LogP contribution in [0.4, 0.5) is 4.39 Å². The van der Waals surface area contributed by atoms with Crippen molar-refractivity contribution < 1.29 is 9.18 Å². The minimum Gasteiger partial charge on any atom is -0.271 e. The minimum absolute atomic E-state index is 0.364. The summed E-state index contributed by atoms with van der Waals surface area (Å²) in [5.41, 5.74) is 0. The van der Waals surface area contributed by atoms with Gasteiger partial charge in [-0.25, -0.2) is 9.38 Å². The number of aliphatic imine (C=N–C) groups is 1. The number of hydrogen-bond donors (Lipinski definition) is 0. The number of amides is 1. The summed E-state index contributed by atoms with van der Waals surface area (Å²) in [5.74, 6) is -0.840. The maximum atomic E-state index is 12.1. The normalized spacial score (nSPS) is 26.2. The molecule has 1 unspecified atom stereocenters. The third-order valence-electron chi connectivity index (χ3n) is 0.857. The van der Waals surface area contributed by atoms with Crippen molar-refractivity contribution >= 4 is 28.1 Å². The van der Waals surface area contributed by atoms with Crippen molar-refractivity contribution in [2.75, 3.05) is 0 Å². The number of carbonyl (C=O) groups is 1. The van der Waals surface area contributed by atoms with Crippen molar-refractivity contribution in [1.29, 1.82) is 0 Å². The lowest BCUT2D eigenvalue weighted by Gasteiger charge is -2.01. The second kappa shape index (κ2) is 2.39. The van der Waals surface area contributed by atoms with E-state index < -0.39 is 10.7 Å². The Hall–Kier alpha value is -0.510. The Morgan fingerprint density at radius 3 is 2.89 bits per heavy atom. The van der Waals surface area contributed by atoms with Gasteiger partial charge in [0.25, 0.3) is 5.91 Å². The van der Waals surface area contributed by atoms with E-state index in [1.54, 1.807) is 0 Å². The van der Waals surface area contributed by atoms with E-state index in [4.69, 9.17) is 0 Å². The summed E-state index contributed by atoms with van der Waals surface area (Å²) in [5, 5.41) is 0. The maximum absolute atomic E-state index is 12.1. The van der Waals surface area contributed by atoms with E-state index in [9.17, 15) is 9.18 Å². The Morgan fingerprint density at radius 2 is 2.44 bits per heavy atom. The summed E-state index contributed by atoms with van der Waals surface area (Å²) in [6.07, 6.45) is 2.06. The van der Waals surface area contributed by atoms with Crippen LogP contribution in [0.15, 0.2) is 16.9 Å². The lowest BCUT2D eigenvalue weighted by Crippen LogP contribution is -2.12. The Bertz CT molecular complexity index is 199. The van der Waals surface area contributed by atoms with E-state index in [1.807, 2.05) is 0 Å². The zero-order valence-electron chi connectivity index (χ0n) is 4.34. The molecule has 0 aromatic rings. The molecule has 0 bridgehead atoms. The average Bonchev–Trinajstić information content (AvgIpc) is 1.80. The fourth-order valence-electron chi connectivity index (χ4n) is 0.451. The molecule has 0 fully saturated rings. The van der Waals surface area contributed by atoms with Crippen LogP contribution in [0.1, 0.15) is 0 Å².